The molecule has 26 heavy (non-hydrogen) atoms. The Labute approximate surface area is 177 Å². The zero-order valence-electron chi connectivity index (χ0n) is 13.3. The van der Waals surface area contributed by atoms with Gasteiger partial charge in [0.05, 0.1) is 0 Å². The maximum atomic E-state index is 6.89. The Hall–Kier alpha value is 0.540. The van der Waals surface area contributed by atoms with Crippen LogP contribution in [-0.2, 0) is 13.1 Å². The van der Waals surface area contributed by atoms with E-state index in [4.69, 9.17) is 56.2 Å². The first-order valence-electron chi connectivity index (χ1n) is 7.45. The minimum Gasteiger partial charge on any atom is -0.203 e. The predicted molar refractivity (Wildman–Crippen MR) is 119 cm³/mol. The molecule has 1 heterocycles. The highest BCUT2D eigenvalue weighted by Crippen LogP contribution is 2.83. The lowest BCUT2D eigenvalue weighted by molar-refractivity contribution is -0.540. The van der Waals surface area contributed by atoms with Crippen LogP contribution in [0, 0.1) is 0 Å². The Kier molecular flexibility index (Phi) is 6.95. The number of benzene rings is 2. The van der Waals surface area contributed by atoms with E-state index in [2.05, 4.69) is 13.9 Å². The number of nitrogens with one attached hydrogen (secondary N) is 1. The number of rotatable bonds is 4. The van der Waals surface area contributed by atoms with Crippen LogP contribution >= 0.6 is 74.7 Å². The van der Waals surface area contributed by atoms with Crippen LogP contribution < -0.4 is 4.86 Å². The van der Waals surface area contributed by atoms with Crippen molar-refractivity contribution in [3.8, 4) is 0 Å². The largest absolute Gasteiger partial charge is 0.421 e. The summed E-state index contributed by atoms with van der Waals surface area (Å²) in [6, 6.07) is 19.8. The number of nitrogens with zero attached hydrogens (tertiary/aromatic N) is 3. The van der Waals surface area contributed by atoms with E-state index < -0.39 is 18.5 Å². The summed E-state index contributed by atoms with van der Waals surface area (Å²) >= 11 is 32.1. The summed E-state index contributed by atoms with van der Waals surface area (Å²) in [6.07, 6.45) is 0. The third kappa shape index (κ3) is 5.77. The molecule has 0 aliphatic carbocycles. The Morgan fingerprint density at radius 1 is 0.692 bits per heavy atom. The molecular formula is C14H15Cl5N4P3+. The molecule has 2 aromatic rings. The van der Waals surface area contributed by atoms with E-state index in [0.29, 0.717) is 13.1 Å². The van der Waals surface area contributed by atoms with E-state index >= 15 is 0 Å². The number of hydrogen-bond acceptors (Lipinski definition) is 1. The van der Waals surface area contributed by atoms with Crippen LogP contribution in [0.5, 0.6) is 0 Å². The molecule has 0 aromatic heterocycles. The van der Waals surface area contributed by atoms with Crippen molar-refractivity contribution in [2.24, 2.45) is 9.03 Å². The van der Waals surface area contributed by atoms with E-state index in [1.807, 2.05) is 65.0 Å². The molecule has 0 saturated heterocycles. The SMILES string of the molecule is ClP1(Cl)=NP(Cl)(=[N+](Cc2ccccc2)Cc2ccccc2)N=P(Cl)(Cl)N1. The fourth-order valence-electron chi connectivity index (χ4n) is 2.43. The molecule has 1 N–H and O–H groups in total. The highest BCUT2D eigenvalue weighted by molar-refractivity contribution is 8.24. The first kappa shape index (κ1) is 21.3. The normalized spacial score (nSPS) is 19.9. The van der Waals surface area contributed by atoms with Gasteiger partial charge in [0.15, 0.2) is 13.1 Å². The summed E-state index contributed by atoms with van der Waals surface area (Å²) in [5.41, 5.74) is 2.13. The smallest absolute Gasteiger partial charge is 0.203 e. The lowest BCUT2D eigenvalue weighted by Crippen LogP contribution is -2.11. The van der Waals surface area contributed by atoms with Gasteiger partial charge in [0.2, 0.25) is 11.8 Å². The maximum absolute atomic E-state index is 6.89. The molecule has 1 aliphatic heterocycles. The molecule has 0 atom stereocenters. The minimum absolute atomic E-state index is 0.515. The van der Waals surface area contributed by atoms with Gasteiger partial charge in [-0.05, 0) is 45.0 Å². The van der Waals surface area contributed by atoms with Crippen LogP contribution in [0.3, 0.4) is 0 Å². The zero-order chi connectivity index (χ0) is 18.8. The first-order valence-corrected chi connectivity index (χ1v) is 17.1. The van der Waals surface area contributed by atoms with Gasteiger partial charge in [0.1, 0.15) is 0 Å². The summed E-state index contributed by atoms with van der Waals surface area (Å²) < 4.78 is 10.9. The lowest BCUT2D eigenvalue weighted by Gasteiger charge is -2.24. The van der Waals surface area contributed by atoms with Crippen molar-refractivity contribution in [2.75, 3.05) is 0 Å². The van der Waals surface area contributed by atoms with Crippen LogP contribution in [0.4, 0.5) is 0 Å². The molecule has 2 aromatic carbocycles. The molecule has 12 heteroatoms. The van der Waals surface area contributed by atoms with Crippen molar-refractivity contribution in [1.82, 2.24) is 4.86 Å². The standard InChI is InChI=1S/C14H15Cl5N4P3/c15-24(16)20-25(17,18)22-26(19,21-24)23(11-13-7-3-1-4-8-13)12-14-9-5-2-6-10-14/h1-10,20H,11-12H2/q+1. The van der Waals surface area contributed by atoms with Crippen LogP contribution in [0.25, 0.3) is 0 Å². The van der Waals surface area contributed by atoms with Crippen LogP contribution in [0.1, 0.15) is 11.1 Å². The Morgan fingerprint density at radius 2 is 1.08 bits per heavy atom. The molecule has 0 unspecified atom stereocenters. The first-order chi connectivity index (χ1) is 12.2. The summed E-state index contributed by atoms with van der Waals surface area (Å²) in [5, 5.41) is 0. The predicted octanol–water partition coefficient (Wildman–Crippen LogP) is 9.04. The van der Waals surface area contributed by atoms with E-state index in [1.165, 1.54) is 0 Å². The molecule has 0 radical (unpaired) electrons. The van der Waals surface area contributed by atoms with E-state index in [1.54, 1.807) is 0 Å². The van der Waals surface area contributed by atoms with E-state index in [-0.39, 0.29) is 0 Å². The number of halogens is 5. The second-order valence-electron chi connectivity index (χ2n) is 5.54. The van der Waals surface area contributed by atoms with Crippen molar-refractivity contribution < 1.29 is 4.33 Å². The van der Waals surface area contributed by atoms with Crippen molar-refractivity contribution in [2.45, 2.75) is 13.1 Å². The highest BCUT2D eigenvalue weighted by atomic mass is 35.9. The molecule has 4 nitrogen and oxygen atoms in total. The van der Waals surface area contributed by atoms with Crippen molar-refractivity contribution in [1.29, 1.82) is 0 Å². The zero-order valence-corrected chi connectivity index (χ0v) is 19.7. The molecular weight excluding hydrogens is 494 g/mol. The van der Waals surface area contributed by atoms with Crippen LogP contribution in [-0.4, -0.2) is 4.33 Å². The topological polar surface area (TPSA) is 39.8 Å². The molecule has 0 saturated carbocycles. The minimum atomic E-state index is -2.98. The van der Waals surface area contributed by atoms with Crippen molar-refractivity contribution in [3.63, 3.8) is 0 Å². The Balaban J connectivity index is 2.17. The molecule has 3 rings (SSSR count). The summed E-state index contributed by atoms with van der Waals surface area (Å²) in [4.78, 5) is 2.74. The third-order valence-electron chi connectivity index (χ3n) is 3.47. The van der Waals surface area contributed by atoms with Gasteiger partial charge < -0.3 is 0 Å². The van der Waals surface area contributed by atoms with E-state index in [0.717, 1.165) is 11.1 Å². The lowest BCUT2D eigenvalue weighted by atomic mass is 10.2. The van der Waals surface area contributed by atoms with Crippen LogP contribution in [0.2, 0.25) is 0 Å². The van der Waals surface area contributed by atoms with Gasteiger partial charge >= 0.3 is 6.71 Å². The van der Waals surface area contributed by atoms with Gasteiger partial charge in [-0.3, -0.25) is 0 Å². The van der Waals surface area contributed by atoms with Crippen molar-refractivity contribution in [3.05, 3.63) is 71.8 Å². The molecule has 0 bridgehead atoms. The summed E-state index contributed by atoms with van der Waals surface area (Å²) in [6.45, 7) is -1.95. The summed E-state index contributed by atoms with van der Waals surface area (Å²) in [5.74, 6) is -5.91. The third-order valence-corrected chi connectivity index (χ3v) is 17.0. The second-order valence-corrected chi connectivity index (χ2v) is 19.5. The van der Waals surface area contributed by atoms with E-state index in [9.17, 15) is 0 Å². The van der Waals surface area contributed by atoms with Gasteiger partial charge in [0, 0.05) is 22.4 Å². The Morgan fingerprint density at radius 3 is 1.46 bits per heavy atom. The molecule has 0 fully saturated rings. The second kappa shape index (κ2) is 8.50. The van der Waals surface area contributed by atoms with Gasteiger partial charge in [-0.2, -0.15) is 4.86 Å². The van der Waals surface area contributed by atoms with Crippen molar-refractivity contribution >= 4 is 74.7 Å². The molecule has 1 aliphatic rings. The quantitative estimate of drug-likeness (QED) is 0.411. The monoisotopic (exact) mass is 507 g/mol. The average molecular weight is 509 g/mol. The molecule has 140 valence electrons. The fourth-order valence-corrected chi connectivity index (χ4v) is 21.1. The summed E-state index contributed by atoms with van der Waals surface area (Å²) in [7, 11) is 0. The number of hydrogen-bond donors (Lipinski definition) is 1. The fraction of sp³-hybridized carbons (Fsp3) is 0.143. The Bertz CT molecular complexity index is 880. The molecule has 0 amide bonds. The maximum Gasteiger partial charge on any atom is 0.421 e. The molecule has 0 spiro atoms. The van der Waals surface area contributed by atoms with Gasteiger partial charge in [-0.25, -0.2) is 4.33 Å². The van der Waals surface area contributed by atoms with Crippen LogP contribution in [0.15, 0.2) is 69.7 Å². The van der Waals surface area contributed by atoms with Gasteiger partial charge in [-0.1, -0.05) is 60.7 Å². The average Bonchev–Trinajstić information content (AvgIpc) is 2.53. The van der Waals surface area contributed by atoms with Gasteiger partial charge in [-0.15, -0.1) is 9.03 Å². The highest BCUT2D eigenvalue weighted by Gasteiger charge is 2.40. The van der Waals surface area contributed by atoms with Gasteiger partial charge in [0.25, 0.3) is 0 Å².